The number of nitrogens with one attached hydrogen (secondary N) is 1. The van der Waals surface area contributed by atoms with Crippen molar-refractivity contribution in [2.45, 2.75) is 32.1 Å². The summed E-state index contributed by atoms with van der Waals surface area (Å²) in [6.45, 7) is 0.565. The third-order valence-electron chi connectivity index (χ3n) is 3.59. The first kappa shape index (κ1) is 15.0. The molecule has 0 saturated carbocycles. The van der Waals surface area contributed by atoms with Crippen LogP contribution in [-0.2, 0) is 0 Å². The van der Waals surface area contributed by atoms with E-state index in [0.29, 0.717) is 6.54 Å². The van der Waals surface area contributed by atoms with Crippen LogP contribution in [0.1, 0.15) is 42.5 Å². The average molecular weight is 290 g/mol. The van der Waals surface area contributed by atoms with E-state index in [1.165, 1.54) is 36.6 Å². The Hall–Kier alpha value is -2.37. The van der Waals surface area contributed by atoms with Crippen molar-refractivity contribution in [2.24, 2.45) is 0 Å². The Morgan fingerprint density at radius 1 is 1.38 bits per heavy atom. The molecule has 1 aromatic rings. The number of nitro groups is 1. The third-order valence-corrected chi connectivity index (χ3v) is 3.59. The first-order valence-electron chi connectivity index (χ1n) is 7.01. The molecule has 0 aromatic heterocycles. The number of allylic oxidation sites excluding steroid dienone is 1. The summed E-state index contributed by atoms with van der Waals surface area (Å²) >= 11 is 0. The predicted molar refractivity (Wildman–Crippen MR) is 79.7 cm³/mol. The van der Waals surface area contributed by atoms with Crippen molar-refractivity contribution in [1.29, 1.82) is 0 Å². The van der Waals surface area contributed by atoms with Gasteiger partial charge in [0.1, 0.15) is 5.69 Å². The van der Waals surface area contributed by atoms with Crippen LogP contribution in [-0.4, -0.2) is 22.5 Å². The van der Waals surface area contributed by atoms with E-state index < -0.39 is 10.9 Å². The minimum absolute atomic E-state index is 0.0416. The second kappa shape index (κ2) is 6.88. The zero-order valence-corrected chi connectivity index (χ0v) is 11.7. The van der Waals surface area contributed by atoms with Gasteiger partial charge < -0.3 is 10.4 Å². The number of aromatic carboxylic acids is 1. The van der Waals surface area contributed by atoms with Gasteiger partial charge in [-0.3, -0.25) is 10.1 Å². The first-order chi connectivity index (χ1) is 10.1. The van der Waals surface area contributed by atoms with Crippen molar-refractivity contribution in [3.8, 4) is 0 Å². The molecule has 1 aromatic carbocycles. The lowest BCUT2D eigenvalue weighted by atomic mass is 9.97. The van der Waals surface area contributed by atoms with E-state index >= 15 is 0 Å². The topological polar surface area (TPSA) is 92.5 Å². The van der Waals surface area contributed by atoms with Crippen LogP contribution in [0, 0.1) is 10.1 Å². The van der Waals surface area contributed by atoms with Gasteiger partial charge in [-0.15, -0.1) is 0 Å². The van der Waals surface area contributed by atoms with E-state index in [0.717, 1.165) is 19.3 Å². The summed E-state index contributed by atoms with van der Waals surface area (Å²) < 4.78 is 0. The van der Waals surface area contributed by atoms with E-state index in [9.17, 15) is 14.9 Å². The van der Waals surface area contributed by atoms with Crippen LogP contribution >= 0.6 is 0 Å². The van der Waals surface area contributed by atoms with E-state index in [-0.39, 0.29) is 16.9 Å². The minimum Gasteiger partial charge on any atom is -0.478 e. The number of rotatable bonds is 6. The molecular formula is C15H18N2O4. The van der Waals surface area contributed by atoms with Gasteiger partial charge in [-0.1, -0.05) is 11.6 Å². The molecule has 0 atom stereocenters. The lowest BCUT2D eigenvalue weighted by molar-refractivity contribution is -0.384. The largest absolute Gasteiger partial charge is 0.478 e. The first-order valence-corrected chi connectivity index (χ1v) is 7.01. The van der Waals surface area contributed by atoms with Gasteiger partial charge in [0.2, 0.25) is 0 Å². The summed E-state index contributed by atoms with van der Waals surface area (Å²) in [5, 5.41) is 22.9. The number of nitrogens with zero attached hydrogens (tertiary/aromatic N) is 1. The summed E-state index contributed by atoms with van der Waals surface area (Å²) in [4.78, 5) is 21.4. The molecule has 2 rings (SSSR count). The van der Waals surface area contributed by atoms with Crippen molar-refractivity contribution in [1.82, 2.24) is 0 Å². The van der Waals surface area contributed by atoms with E-state index in [2.05, 4.69) is 11.4 Å². The fourth-order valence-electron chi connectivity index (χ4n) is 2.46. The van der Waals surface area contributed by atoms with E-state index in [1.807, 2.05) is 0 Å². The number of hydrogen-bond donors (Lipinski definition) is 2. The maximum absolute atomic E-state index is 11.0. The Labute approximate surface area is 122 Å². The van der Waals surface area contributed by atoms with Crippen LogP contribution in [0.15, 0.2) is 29.8 Å². The van der Waals surface area contributed by atoms with Gasteiger partial charge in [-0.2, -0.15) is 0 Å². The van der Waals surface area contributed by atoms with Crippen molar-refractivity contribution in [3.63, 3.8) is 0 Å². The zero-order chi connectivity index (χ0) is 15.2. The van der Waals surface area contributed by atoms with E-state index in [4.69, 9.17) is 5.11 Å². The molecule has 0 saturated heterocycles. The highest BCUT2D eigenvalue weighted by molar-refractivity contribution is 5.90. The number of carboxylic acid groups (broad SMARTS) is 1. The van der Waals surface area contributed by atoms with Crippen LogP contribution in [0.5, 0.6) is 0 Å². The SMILES string of the molecule is O=C(O)c1ccc([N+](=O)[O-])c(NCCC2=CCCCC2)c1. The third kappa shape index (κ3) is 4.05. The standard InChI is InChI=1S/C15H18N2O4/c18-15(19)12-6-7-14(17(20)21)13(10-12)16-9-8-11-4-2-1-3-5-11/h4,6-7,10,16H,1-3,5,8-9H2,(H,18,19). The maximum atomic E-state index is 11.0. The minimum atomic E-state index is -1.09. The molecule has 112 valence electrons. The molecule has 21 heavy (non-hydrogen) atoms. The average Bonchev–Trinajstić information content (AvgIpc) is 2.48. The second-order valence-electron chi connectivity index (χ2n) is 5.08. The molecule has 0 radical (unpaired) electrons. The lowest BCUT2D eigenvalue weighted by Crippen LogP contribution is -2.08. The molecule has 0 heterocycles. The Bertz CT molecular complexity index is 581. The number of benzene rings is 1. The van der Waals surface area contributed by atoms with Gasteiger partial charge in [0.25, 0.3) is 5.69 Å². The van der Waals surface area contributed by atoms with Crippen molar-refractivity contribution >= 4 is 17.3 Å². The smallest absolute Gasteiger partial charge is 0.335 e. The molecule has 0 fully saturated rings. The van der Waals surface area contributed by atoms with Gasteiger partial charge in [-0.05, 0) is 44.2 Å². The van der Waals surface area contributed by atoms with Crippen molar-refractivity contribution < 1.29 is 14.8 Å². The molecule has 0 aliphatic heterocycles. The predicted octanol–water partition coefficient (Wildman–Crippen LogP) is 3.60. The second-order valence-corrected chi connectivity index (χ2v) is 5.08. The van der Waals surface area contributed by atoms with E-state index in [1.54, 1.807) is 0 Å². The number of anilines is 1. The number of carbonyl (C=O) groups is 1. The molecule has 2 N–H and O–H groups in total. The van der Waals surface area contributed by atoms with Crippen LogP contribution in [0.3, 0.4) is 0 Å². The number of carboxylic acids is 1. The fraction of sp³-hybridized carbons (Fsp3) is 0.400. The quantitative estimate of drug-likeness (QED) is 0.474. The van der Waals surface area contributed by atoms with Crippen molar-refractivity contribution in [3.05, 3.63) is 45.5 Å². The number of nitro benzene ring substituents is 1. The summed E-state index contributed by atoms with van der Waals surface area (Å²) in [6.07, 6.45) is 7.66. The molecule has 0 bridgehead atoms. The molecule has 0 amide bonds. The normalized spacial score (nSPS) is 14.4. The Morgan fingerprint density at radius 3 is 2.81 bits per heavy atom. The van der Waals surface area contributed by atoms with Gasteiger partial charge in [0.15, 0.2) is 0 Å². The lowest BCUT2D eigenvalue weighted by Gasteiger charge is -2.13. The Morgan fingerprint density at radius 2 is 2.19 bits per heavy atom. The number of hydrogen-bond acceptors (Lipinski definition) is 4. The van der Waals surface area contributed by atoms with Gasteiger partial charge >= 0.3 is 5.97 Å². The van der Waals surface area contributed by atoms with Crippen LogP contribution < -0.4 is 5.32 Å². The highest BCUT2D eigenvalue weighted by Gasteiger charge is 2.16. The highest BCUT2D eigenvalue weighted by atomic mass is 16.6. The molecule has 6 nitrogen and oxygen atoms in total. The maximum Gasteiger partial charge on any atom is 0.335 e. The molecule has 6 heteroatoms. The van der Waals surface area contributed by atoms with Crippen molar-refractivity contribution in [2.75, 3.05) is 11.9 Å². The summed E-state index contributed by atoms with van der Waals surface area (Å²) in [5.74, 6) is -1.09. The van der Waals surface area contributed by atoms with Gasteiger partial charge in [-0.25, -0.2) is 4.79 Å². The monoisotopic (exact) mass is 290 g/mol. The van der Waals surface area contributed by atoms with Gasteiger partial charge in [0, 0.05) is 12.6 Å². The highest BCUT2D eigenvalue weighted by Crippen LogP contribution is 2.26. The van der Waals surface area contributed by atoms with Gasteiger partial charge in [0.05, 0.1) is 10.5 Å². The summed E-state index contributed by atoms with van der Waals surface area (Å²) in [7, 11) is 0. The Kier molecular flexibility index (Phi) is 4.92. The molecule has 1 aliphatic rings. The molecule has 0 unspecified atom stereocenters. The fourth-order valence-corrected chi connectivity index (χ4v) is 2.46. The van der Waals surface area contributed by atoms with Crippen LogP contribution in [0.25, 0.3) is 0 Å². The molecule has 0 spiro atoms. The molecule has 1 aliphatic carbocycles. The van der Waals surface area contributed by atoms with Crippen LogP contribution in [0.2, 0.25) is 0 Å². The summed E-state index contributed by atoms with van der Waals surface area (Å²) in [6, 6.07) is 3.79. The summed E-state index contributed by atoms with van der Waals surface area (Å²) in [5.41, 5.74) is 1.57. The molecular weight excluding hydrogens is 272 g/mol. The zero-order valence-electron chi connectivity index (χ0n) is 11.7. The Balaban J connectivity index is 2.06. The van der Waals surface area contributed by atoms with Crippen LogP contribution in [0.4, 0.5) is 11.4 Å².